The minimum Gasteiger partial charge on any atom is -0.320 e. The molecule has 1 aromatic heterocycles. The lowest BCUT2D eigenvalue weighted by atomic mass is 9.75. The van der Waals surface area contributed by atoms with Gasteiger partial charge in [0.15, 0.2) is 0 Å². The SMILES string of the molecule is NC1(c2ncccc2F)CCC1. The van der Waals surface area contributed by atoms with Crippen molar-refractivity contribution in [2.45, 2.75) is 24.8 Å². The Morgan fingerprint density at radius 2 is 2.25 bits per heavy atom. The maximum atomic E-state index is 13.2. The Kier molecular flexibility index (Phi) is 1.61. The normalized spacial score (nSPS) is 20.2. The maximum absolute atomic E-state index is 13.2. The molecule has 1 heterocycles. The van der Waals surface area contributed by atoms with Gasteiger partial charge in [-0.15, -0.1) is 0 Å². The molecular weight excluding hydrogens is 155 g/mol. The molecule has 0 radical (unpaired) electrons. The van der Waals surface area contributed by atoms with Crippen molar-refractivity contribution in [2.75, 3.05) is 0 Å². The first kappa shape index (κ1) is 7.68. The smallest absolute Gasteiger partial charge is 0.146 e. The number of pyridine rings is 1. The van der Waals surface area contributed by atoms with Gasteiger partial charge in [0.05, 0.1) is 11.2 Å². The molecule has 0 amide bonds. The van der Waals surface area contributed by atoms with E-state index in [1.807, 2.05) is 0 Å². The monoisotopic (exact) mass is 166 g/mol. The van der Waals surface area contributed by atoms with E-state index in [1.54, 1.807) is 12.3 Å². The summed E-state index contributed by atoms with van der Waals surface area (Å²) in [4.78, 5) is 3.97. The van der Waals surface area contributed by atoms with Crippen LogP contribution in [0.3, 0.4) is 0 Å². The van der Waals surface area contributed by atoms with Gasteiger partial charge in [-0.25, -0.2) is 4.39 Å². The summed E-state index contributed by atoms with van der Waals surface area (Å²) in [5.41, 5.74) is 5.87. The second-order valence-electron chi connectivity index (χ2n) is 3.34. The fourth-order valence-electron chi connectivity index (χ4n) is 1.55. The molecule has 1 aliphatic rings. The van der Waals surface area contributed by atoms with Crippen LogP contribution < -0.4 is 5.73 Å². The maximum Gasteiger partial charge on any atom is 0.146 e. The minimum absolute atomic E-state index is 0.278. The van der Waals surface area contributed by atoms with Gasteiger partial charge >= 0.3 is 0 Å². The first-order valence-electron chi connectivity index (χ1n) is 4.12. The van der Waals surface area contributed by atoms with Crippen LogP contribution in [0, 0.1) is 5.82 Å². The van der Waals surface area contributed by atoms with Gasteiger partial charge in [-0.3, -0.25) is 4.98 Å². The van der Waals surface area contributed by atoms with Gasteiger partial charge in [0.2, 0.25) is 0 Å². The van der Waals surface area contributed by atoms with E-state index in [2.05, 4.69) is 4.98 Å². The van der Waals surface area contributed by atoms with E-state index in [9.17, 15) is 4.39 Å². The molecule has 1 saturated carbocycles. The lowest BCUT2D eigenvalue weighted by molar-refractivity contribution is 0.237. The van der Waals surface area contributed by atoms with Crippen LogP contribution >= 0.6 is 0 Å². The zero-order valence-corrected chi connectivity index (χ0v) is 6.76. The van der Waals surface area contributed by atoms with Crippen molar-refractivity contribution in [3.8, 4) is 0 Å². The summed E-state index contributed by atoms with van der Waals surface area (Å²) in [5, 5.41) is 0. The van der Waals surface area contributed by atoms with Gasteiger partial charge in [0, 0.05) is 6.20 Å². The molecule has 0 aromatic carbocycles. The molecule has 0 spiro atoms. The fraction of sp³-hybridized carbons (Fsp3) is 0.444. The van der Waals surface area contributed by atoms with E-state index in [0.29, 0.717) is 5.69 Å². The molecule has 1 aliphatic carbocycles. The Morgan fingerprint density at radius 3 is 2.75 bits per heavy atom. The summed E-state index contributed by atoms with van der Waals surface area (Å²) in [6.07, 6.45) is 4.36. The molecular formula is C9H11FN2. The molecule has 2 N–H and O–H groups in total. The number of aromatic nitrogens is 1. The summed E-state index contributed by atoms with van der Waals surface area (Å²) in [7, 11) is 0. The van der Waals surface area contributed by atoms with Crippen molar-refractivity contribution >= 4 is 0 Å². The Hall–Kier alpha value is -0.960. The van der Waals surface area contributed by atoms with E-state index in [0.717, 1.165) is 19.3 Å². The zero-order valence-electron chi connectivity index (χ0n) is 6.76. The standard InChI is InChI=1S/C9H11FN2/c10-7-3-1-6-12-8(7)9(11)4-2-5-9/h1,3,6H,2,4-5,11H2. The number of nitrogens with two attached hydrogens (primary N) is 1. The van der Waals surface area contributed by atoms with Crippen LogP contribution in [0.15, 0.2) is 18.3 Å². The number of halogens is 1. The summed E-state index contributed by atoms with van der Waals surface area (Å²) in [6.45, 7) is 0. The van der Waals surface area contributed by atoms with Crippen molar-refractivity contribution in [2.24, 2.45) is 5.73 Å². The van der Waals surface area contributed by atoms with E-state index in [-0.39, 0.29) is 5.82 Å². The molecule has 2 rings (SSSR count). The topological polar surface area (TPSA) is 38.9 Å². The average Bonchev–Trinajstić information content (AvgIpc) is 2.01. The Labute approximate surface area is 70.6 Å². The third-order valence-corrected chi connectivity index (χ3v) is 2.48. The summed E-state index contributed by atoms with van der Waals surface area (Å²) in [6, 6.07) is 3.00. The van der Waals surface area contributed by atoms with Gasteiger partial charge in [-0.05, 0) is 31.4 Å². The van der Waals surface area contributed by atoms with Crippen LogP contribution in [-0.2, 0) is 5.54 Å². The van der Waals surface area contributed by atoms with E-state index in [4.69, 9.17) is 5.73 Å². The molecule has 0 bridgehead atoms. The van der Waals surface area contributed by atoms with Crippen molar-refractivity contribution in [3.05, 3.63) is 29.8 Å². The van der Waals surface area contributed by atoms with Gasteiger partial charge in [-0.1, -0.05) is 0 Å². The largest absolute Gasteiger partial charge is 0.320 e. The highest BCUT2D eigenvalue weighted by Gasteiger charge is 2.37. The number of hydrogen-bond acceptors (Lipinski definition) is 2. The number of nitrogens with zero attached hydrogens (tertiary/aromatic N) is 1. The summed E-state index contributed by atoms with van der Waals surface area (Å²) in [5.74, 6) is -0.278. The average molecular weight is 166 g/mol. The Morgan fingerprint density at radius 1 is 1.50 bits per heavy atom. The van der Waals surface area contributed by atoms with Crippen molar-refractivity contribution in [1.82, 2.24) is 4.98 Å². The van der Waals surface area contributed by atoms with Crippen LogP contribution in [0.4, 0.5) is 4.39 Å². The summed E-state index contributed by atoms with van der Waals surface area (Å²) < 4.78 is 13.2. The molecule has 1 aromatic rings. The quantitative estimate of drug-likeness (QED) is 0.687. The predicted molar refractivity (Wildman–Crippen MR) is 43.9 cm³/mol. The highest BCUT2D eigenvalue weighted by atomic mass is 19.1. The highest BCUT2D eigenvalue weighted by Crippen LogP contribution is 2.38. The third kappa shape index (κ3) is 1.01. The third-order valence-electron chi connectivity index (χ3n) is 2.48. The zero-order chi connectivity index (χ0) is 8.60. The summed E-state index contributed by atoms with van der Waals surface area (Å²) >= 11 is 0. The van der Waals surface area contributed by atoms with Crippen LogP contribution in [0.25, 0.3) is 0 Å². The second-order valence-corrected chi connectivity index (χ2v) is 3.34. The minimum atomic E-state index is -0.481. The number of hydrogen-bond donors (Lipinski definition) is 1. The van der Waals surface area contributed by atoms with Crippen LogP contribution in [0.1, 0.15) is 25.0 Å². The van der Waals surface area contributed by atoms with Crippen LogP contribution in [-0.4, -0.2) is 4.98 Å². The van der Waals surface area contributed by atoms with Crippen molar-refractivity contribution in [3.63, 3.8) is 0 Å². The molecule has 0 saturated heterocycles. The van der Waals surface area contributed by atoms with E-state index in [1.165, 1.54) is 6.07 Å². The lowest BCUT2D eigenvalue weighted by Crippen LogP contribution is -2.44. The lowest BCUT2D eigenvalue weighted by Gasteiger charge is -2.37. The molecule has 0 aliphatic heterocycles. The van der Waals surface area contributed by atoms with Gasteiger partial charge in [-0.2, -0.15) is 0 Å². The fourth-order valence-corrected chi connectivity index (χ4v) is 1.55. The molecule has 2 nitrogen and oxygen atoms in total. The Bertz CT molecular complexity index is 294. The highest BCUT2D eigenvalue weighted by molar-refractivity contribution is 5.20. The second kappa shape index (κ2) is 2.52. The van der Waals surface area contributed by atoms with Gasteiger partial charge < -0.3 is 5.73 Å². The molecule has 0 unspecified atom stereocenters. The van der Waals surface area contributed by atoms with Crippen molar-refractivity contribution < 1.29 is 4.39 Å². The van der Waals surface area contributed by atoms with E-state index < -0.39 is 5.54 Å². The molecule has 0 atom stereocenters. The Balaban J connectivity index is 2.39. The molecule has 64 valence electrons. The van der Waals surface area contributed by atoms with Gasteiger partial charge in [0.1, 0.15) is 5.82 Å². The number of rotatable bonds is 1. The van der Waals surface area contributed by atoms with Gasteiger partial charge in [0.25, 0.3) is 0 Å². The van der Waals surface area contributed by atoms with Crippen LogP contribution in [0.2, 0.25) is 0 Å². The van der Waals surface area contributed by atoms with E-state index >= 15 is 0 Å². The first-order chi connectivity index (χ1) is 5.72. The van der Waals surface area contributed by atoms with Crippen LogP contribution in [0.5, 0.6) is 0 Å². The molecule has 1 fully saturated rings. The predicted octanol–water partition coefficient (Wildman–Crippen LogP) is 1.56. The van der Waals surface area contributed by atoms with Crippen molar-refractivity contribution in [1.29, 1.82) is 0 Å². The first-order valence-corrected chi connectivity index (χ1v) is 4.12. The molecule has 3 heteroatoms. The molecule has 12 heavy (non-hydrogen) atoms.